The number of carbonyl (C=O) groups excluding carboxylic acids is 1. The highest BCUT2D eigenvalue weighted by Crippen LogP contribution is 2.32. The monoisotopic (exact) mass is 409 g/mol. The second-order valence-electron chi connectivity index (χ2n) is 7.39. The average Bonchev–Trinajstić information content (AvgIpc) is 3.21. The van der Waals surface area contributed by atoms with Gasteiger partial charge in [0.05, 0.1) is 23.1 Å². The smallest absolute Gasteiger partial charge is 0.256 e. The number of nitrogens with zero attached hydrogens (tertiary/aromatic N) is 2. The van der Waals surface area contributed by atoms with Crippen LogP contribution in [-0.4, -0.2) is 39.6 Å². The van der Waals surface area contributed by atoms with Gasteiger partial charge in [-0.2, -0.15) is 5.10 Å². The van der Waals surface area contributed by atoms with E-state index in [1.54, 1.807) is 36.3 Å². The van der Waals surface area contributed by atoms with Gasteiger partial charge in [-0.15, -0.1) is 0 Å². The van der Waals surface area contributed by atoms with Crippen LogP contribution in [0.2, 0.25) is 0 Å². The Hall–Kier alpha value is -3.59. The molecule has 0 bridgehead atoms. The van der Waals surface area contributed by atoms with Crippen LogP contribution in [0.4, 0.5) is 8.78 Å². The molecule has 3 heterocycles. The molecule has 0 fully saturated rings. The van der Waals surface area contributed by atoms with Crippen molar-refractivity contribution in [3.63, 3.8) is 0 Å². The van der Waals surface area contributed by atoms with Crippen molar-refractivity contribution in [3.05, 3.63) is 75.3 Å². The number of aromatic amines is 2. The minimum absolute atomic E-state index is 0.0558. The lowest BCUT2D eigenvalue weighted by Crippen LogP contribution is -2.42. The third kappa shape index (κ3) is 2.78. The van der Waals surface area contributed by atoms with Gasteiger partial charge in [-0.05, 0) is 35.7 Å². The number of pyridine rings is 1. The van der Waals surface area contributed by atoms with Crippen molar-refractivity contribution in [1.82, 2.24) is 25.4 Å². The summed E-state index contributed by atoms with van der Waals surface area (Å²) in [7, 11) is 1.65. The van der Waals surface area contributed by atoms with Crippen molar-refractivity contribution in [1.29, 1.82) is 0 Å². The molecule has 1 atom stereocenters. The van der Waals surface area contributed by atoms with Gasteiger partial charge in [-0.25, -0.2) is 8.78 Å². The van der Waals surface area contributed by atoms with Gasteiger partial charge in [-0.1, -0.05) is 0 Å². The van der Waals surface area contributed by atoms with E-state index in [-0.39, 0.29) is 11.3 Å². The van der Waals surface area contributed by atoms with Gasteiger partial charge in [0, 0.05) is 42.3 Å². The first-order valence-electron chi connectivity index (χ1n) is 9.39. The van der Waals surface area contributed by atoms with Gasteiger partial charge in [-0.3, -0.25) is 14.7 Å². The molecule has 0 radical (unpaired) electrons. The largest absolute Gasteiger partial charge is 0.333 e. The third-order valence-corrected chi connectivity index (χ3v) is 5.63. The molecule has 1 aliphatic rings. The van der Waals surface area contributed by atoms with E-state index in [1.807, 2.05) is 0 Å². The number of benzene rings is 2. The molecule has 30 heavy (non-hydrogen) atoms. The number of carbonyl (C=O) groups is 1. The van der Waals surface area contributed by atoms with Crippen LogP contribution in [-0.2, 0) is 6.54 Å². The Labute approximate surface area is 168 Å². The SMILES string of the molecule is CN(C(=O)c1ccc2[nH]ncc2c1)[C@@H]1CNCc2[nH]c(=O)c3cc(F)c(F)cc3c21. The molecule has 2 aromatic heterocycles. The van der Waals surface area contributed by atoms with Crippen LogP contribution in [0.5, 0.6) is 0 Å². The van der Waals surface area contributed by atoms with Crippen molar-refractivity contribution in [2.45, 2.75) is 12.6 Å². The standard InChI is InChI=1S/C21H17F2N5O2/c1-28(21(30)10-2-3-16-11(4-10)7-25-27-16)18-9-24-8-17-19(18)12-5-14(22)15(23)6-13(12)20(29)26-17/h2-7,18,24H,8-9H2,1H3,(H,25,27)(H,26,29)/t18-/m1/s1. The molecule has 152 valence electrons. The maximum Gasteiger partial charge on any atom is 0.256 e. The van der Waals surface area contributed by atoms with Gasteiger partial charge in [0.1, 0.15) is 0 Å². The lowest BCUT2D eigenvalue weighted by atomic mass is 9.93. The fourth-order valence-electron chi connectivity index (χ4n) is 4.10. The highest BCUT2D eigenvalue weighted by atomic mass is 19.2. The van der Waals surface area contributed by atoms with Crippen LogP contribution in [0.25, 0.3) is 21.7 Å². The van der Waals surface area contributed by atoms with E-state index in [4.69, 9.17) is 0 Å². The second kappa shape index (κ2) is 6.74. The maximum absolute atomic E-state index is 14.0. The molecule has 0 saturated carbocycles. The molecule has 7 nitrogen and oxygen atoms in total. The van der Waals surface area contributed by atoms with Gasteiger partial charge in [0.2, 0.25) is 0 Å². The number of fused-ring (bicyclic) bond motifs is 4. The molecule has 1 aliphatic heterocycles. The van der Waals surface area contributed by atoms with E-state index in [1.165, 1.54) is 0 Å². The number of amides is 1. The van der Waals surface area contributed by atoms with Crippen LogP contribution in [0.15, 0.2) is 41.3 Å². The summed E-state index contributed by atoms with van der Waals surface area (Å²) in [5.74, 6) is -2.36. The summed E-state index contributed by atoms with van der Waals surface area (Å²) >= 11 is 0. The highest BCUT2D eigenvalue weighted by Gasteiger charge is 2.30. The Morgan fingerprint density at radius 3 is 2.73 bits per heavy atom. The lowest BCUT2D eigenvalue weighted by Gasteiger charge is -2.34. The van der Waals surface area contributed by atoms with Crippen molar-refractivity contribution in [2.24, 2.45) is 0 Å². The molecule has 0 aliphatic carbocycles. The van der Waals surface area contributed by atoms with Gasteiger partial charge >= 0.3 is 0 Å². The van der Waals surface area contributed by atoms with Gasteiger partial charge < -0.3 is 15.2 Å². The van der Waals surface area contributed by atoms with Crippen molar-refractivity contribution in [2.75, 3.05) is 13.6 Å². The van der Waals surface area contributed by atoms with Crippen LogP contribution < -0.4 is 10.9 Å². The summed E-state index contributed by atoms with van der Waals surface area (Å²) in [5.41, 5.74) is 1.97. The summed E-state index contributed by atoms with van der Waals surface area (Å²) < 4.78 is 27.8. The summed E-state index contributed by atoms with van der Waals surface area (Å²) in [6, 6.07) is 6.68. The third-order valence-electron chi connectivity index (χ3n) is 5.63. The molecule has 5 rings (SSSR count). The topological polar surface area (TPSA) is 93.9 Å². The first-order chi connectivity index (χ1) is 14.4. The fraction of sp³-hybridized carbons (Fsp3) is 0.190. The normalized spacial score (nSPS) is 16.0. The molecular weight excluding hydrogens is 392 g/mol. The van der Waals surface area contributed by atoms with Crippen molar-refractivity contribution >= 4 is 27.6 Å². The van der Waals surface area contributed by atoms with Gasteiger partial charge in [0.15, 0.2) is 11.6 Å². The number of hydrogen-bond acceptors (Lipinski definition) is 4. The first kappa shape index (κ1) is 18.4. The summed E-state index contributed by atoms with van der Waals surface area (Å²) in [6.45, 7) is 0.766. The molecule has 0 unspecified atom stereocenters. The first-order valence-corrected chi connectivity index (χ1v) is 9.39. The molecule has 0 saturated heterocycles. The number of H-pyrrole nitrogens is 2. The Balaban J connectivity index is 1.62. The van der Waals surface area contributed by atoms with Crippen LogP contribution in [0, 0.1) is 11.6 Å². The van der Waals surface area contributed by atoms with E-state index in [0.29, 0.717) is 35.3 Å². The Kier molecular flexibility index (Phi) is 4.14. The summed E-state index contributed by atoms with van der Waals surface area (Å²) in [5, 5.41) is 11.2. The molecule has 4 aromatic rings. The van der Waals surface area contributed by atoms with Crippen LogP contribution in [0.1, 0.15) is 27.7 Å². The summed E-state index contributed by atoms with van der Waals surface area (Å²) in [4.78, 5) is 29.9. The predicted molar refractivity (Wildman–Crippen MR) is 107 cm³/mol. The fourth-order valence-corrected chi connectivity index (χ4v) is 4.10. The van der Waals surface area contributed by atoms with Gasteiger partial charge in [0.25, 0.3) is 11.5 Å². The van der Waals surface area contributed by atoms with Crippen LogP contribution in [0.3, 0.4) is 0 Å². The molecule has 1 amide bonds. The zero-order valence-electron chi connectivity index (χ0n) is 15.9. The van der Waals surface area contributed by atoms with Crippen molar-refractivity contribution < 1.29 is 13.6 Å². The molecular formula is C21H17F2N5O2. The molecule has 9 heteroatoms. The molecule has 0 spiro atoms. The number of hydrogen-bond donors (Lipinski definition) is 3. The van der Waals surface area contributed by atoms with E-state index in [0.717, 1.165) is 23.0 Å². The Morgan fingerprint density at radius 2 is 1.93 bits per heavy atom. The quantitative estimate of drug-likeness (QED) is 0.474. The highest BCUT2D eigenvalue weighted by molar-refractivity contribution is 5.98. The molecule has 3 N–H and O–H groups in total. The number of aromatic nitrogens is 3. The number of rotatable bonds is 2. The number of likely N-dealkylation sites (N-methyl/N-ethyl adjacent to an activating group) is 1. The zero-order chi connectivity index (χ0) is 21.0. The zero-order valence-corrected chi connectivity index (χ0v) is 15.9. The van der Waals surface area contributed by atoms with Crippen LogP contribution >= 0.6 is 0 Å². The minimum Gasteiger partial charge on any atom is -0.333 e. The lowest BCUT2D eigenvalue weighted by molar-refractivity contribution is 0.0723. The van der Waals surface area contributed by atoms with E-state index in [9.17, 15) is 18.4 Å². The summed E-state index contributed by atoms with van der Waals surface area (Å²) in [6.07, 6.45) is 1.64. The Bertz CT molecular complexity index is 1380. The Morgan fingerprint density at radius 1 is 1.17 bits per heavy atom. The van der Waals surface area contributed by atoms with Crippen molar-refractivity contribution in [3.8, 4) is 0 Å². The molecule has 2 aromatic carbocycles. The second-order valence-corrected chi connectivity index (χ2v) is 7.39. The predicted octanol–water partition coefficient (Wildman–Crippen LogP) is 2.60. The average molecular weight is 409 g/mol. The number of halogens is 2. The minimum atomic E-state index is -1.09. The number of nitrogens with one attached hydrogen (secondary N) is 3. The van der Waals surface area contributed by atoms with E-state index < -0.39 is 23.2 Å². The van der Waals surface area contributed by atoms with E-state index >= 15 is 0 Å². The van der Waals surface area contributed by atoms with E-state index in [2.05, 4.69) is 20.5 Å². The maximum atomic E-state index is 14.0.